The van der Waals surface area contributed by atoms with E-state index in [0.717, 1.165) is 0 Å². The van der Waals surface area contributed by atoms with E-state index in [1.807, 2.05) is 0 Å². The molecule has 0 heterocycles. The average Bonchev–Trinajstić information content (AvgIpc) is 1.91. The van der Waals surface area contributed by atoms with Gasteiger partial charge in [-0.05, 0) is 20.9 Å². The van der Waals surface area contributed by atoms with Crippen LogP contribution in [0.2, 0.25) is 0 Å². The minimum absolute atomic E-state index is 0. The lowest BCUT2D eigenvalue weighted by Crippen LogP contribution is -1.71. The molecule has 1 nitrogen and oxygen atoms in total. The quantitative estimate of drug-likeness (QED) is 0.585. The average molecular weight is 139 g/mol. The van der Waals surface area contributed by atoms with Crippen molar-refractivity contribution in [1.82, 2.24) is 0 Å². The maximum absolute atomic E-state index is 4.50. The third-order valence-corrected chi connectivity index (χ3v) is 1.17. The Morgan fingerprint density at radius 3 is 1.70 bits per heavy atom. The van der Waals surface area contributed by atoms with Crippen molar-refractivity contribution in [2.75, 3.05) is 7.05 Å². The van der Waals surface area contributed by atoms with Gasteiger partial charge >= 0.3 is 0 Å². The summed E-state index contributed by atoms with van der Waals surface area (Å²) < 4.78 is 0. The molecule has 0 radical (unpaired) electrons. The van der Waals surface area contributed by atoms with Crippen molar-refractivity contribution in [2.24, 2.45) is 5.73 Å². The number of nitrogens with two attached hydrogens (primary N) is 1. The smallest absolute Gasteiger partial charge is 0 e. The molecule has 0 amide bonds. The molecule has 0 saturated heterocycles. The van der Waals surface area contributed by atoms with Gasteiger partial charge < -0.3 is 5.73 Å². The van der Waals surface area contributed by atoms with E-state index in [0.29, 0.717) is 0 Å². The SMILES string of the molecule is CN.Cc1cccc(C)c1.[HH]. The van der Waals surface area contributed by atoms with Crippen LogP contribution in [0.15, 0.2) is 24.3 Å². The highest BCUT2D eigenvalue weighted by Crippen LogP contribution is 2.00. The topological polar surface area (TPSA) is 26.0 Å². The predicted molar refractivity (Wildman–Crippen MR) is 48.1 cm³/mol. The van der Waals surface area contributed by atoms with Gasteiger partial charge in [0.25, 0.3) is 0 Å². The molecule has 1 aromatic rings. The number of rotatable bonds is 0. The van der Waals surface area contributed by atoms with E-state index in [9.17, 15) is 0 Å². The van der Waals surface area contributed by atoms with E-state index in [1.165, 1.54) is 18.2 Å². The fraction of sp³-hybridized carbons (Fsp3) is 0.333. The van der Waals surface area contributed by atoms with Crippen LogP contribution in [0.4, 0.5) is 0 Å². The van der Waals surface area contributed by atoms with Gasteiger partial charge in [-0.3, -0.25) is 0 Å². The molecule has 0 bridgehead atoms. The molecule has 2 N–H and O–H groups in total. The Kier molecular flexibility index (Phi) is 4.59. The molecule has 0 saturated carbocycles. The van der Waals surface area contributed by atoms with Crippen LogP contribution in [0.25, 0.3) is 0 Å². The molecule has 0 fully saturated rings. The Hall–Kier alpha value is -0.820. The summed E-state index contributed by atoms with van der Waals surface area (Å²) in [5.41, 5.74) is 7.18. The summed E-state index contributed by atoms with van der Waals surface area (Å²) in [5, 5.41) is 0. The van der Waals surface area contributed by atoms with E-state index in [-0.39, 0.29) is 1.43 Å². The molecule has 58 valence electrons. The molecular formula is C9H17N. The van der Waals surface area contributed by atoms with Gasteiger partial charge in [-0.25, -0.2) is 0 Å². The normalized spacial score (nSPS) is 8.00. The molecular weight excluding hydrogens is 122 g/mol. The molecule has 0 atom stereocenters. The molecule has 0 spiro atoms. The van der Waals surface area contributed by atoms with Gasteiger partial charge in [0.15, 0.2) is 0 Å². The first-order valence-electron chi connectivity index (χ1n) is 3.40. The van der Waals surface area contributed by atoms with Crippen molar-refractivity contribution in [3.8, 4) is 0 Å². The molecule has 1 rings (SSSR count). The summed E-state index contributed by atoms with van der Waals surface area (Å²) >= 11 is 0. The van der Waals surface area contributed by atoms with Crippen molar-refractivity contribution in [3.05, 3.63) is 35.4 Å². The largest absolute Gasteiger partial charge is 0.333 e. The van der Waals surface area contributed by atoms with E-state index in [4.69, 9.17) is 0 Å². The lowest BCUT2D eigenvalue weighted by atomic mass is 10.2. The maximum Gasteiger partial charge on any atom is 0 e. The second kappa shape index (κ2) is 5.00. The van der Waals surface area contributed by atoms with Crippen LogP contribution in [-0.4, -0.2) is 7.05 Å². The maximum atomic E-state index is 4.50. The number of hydrogen-bond donors (Lipinski definition) is 1. The van der Waals surface area contributed by atoms with Crippen molar-refractivity contribution in [2.45, 2.75) is 13.8 Å². The van der Waals surface area contributed by atoms with E-state index >= 15 is 0 Å². The summed E-state index contributed by atoms with van der Waals surface area (Å²) in [6.45, 7) is 4.21. The standard InChI is InChI=1S/C8H10.CH5N.H2/c1-7-4-3-5-8(2)6-7;1-2;/h3-6H,1-2H3;2H2,1H3;1H. The van der Waals surface area contributed by atoms with E-state index in [1.54, 1.807) is 0 Å². The molecule has 0 aliphatic carbocycles. The Bertz CT molecular complexity index is 169. The first-order chi connectivity index (χ1) is 4.79. The van der Waals surface area contributed by atoms with Crippen LogP contribution in [0, 0.1) is 13.8 Å². The third kappa shape index (κ3) is 3.25. The number of aryl methyl sites for hydroxylation is 2. The summed E-state index contributed by atoms with van der Waals surface area (Å²) in [6, 6.07) is 8.45. The molecule has 0 unspecified atom stereocenters. The van der Waals surface area contributed by atoms with Gasteiger partial charge in [-0.1, -0.05) is 35.4 Å². The van der Waals surface area contributed by atoms with Gasteiger partial charge in [0.05, 0.1) is 0 Å². The van der Waals surface area contributed by atoms with Gasteiger partial charge in [0, 0.05) is 1.43 Å². The van der Waals surface area contributed by atoms with E-state index < -0.39 is 0 Å². The van der Waals surface area contributed by atoms with Gasteiger partial charge in [-0.15, -0.1) is 0 Å². The van der Waals surface area contributed by atoms with Crippen LogP contribution in [0.1, 0.15) is 12.6 Å². The van der Waals surface area contributed by atoms with Crippen LogP contribution in [-0.2, 0) is 0 Å². The van der Waals surface area contributed by atoms with Crippen molar-refractivity contribution in [1.29, 1.82) is 0 Å². The molecule has 0 aromatic heterocycles. The lowest BCUT2D eigenvalue weighted by molar-refractivity contribution is 1.39. The molecule has 10 heavy (non-hydrogen) atoms. The van der Waals surface area contributed by atoms with Gasteiger partial charge in [0.1, 0.15) is 0 Å². The van der Waals surface area contributed by atoms with Crippen molar-refractivity contribution >= 4 is 0 Å². The van der Waals surface area contributed by atoms with Gasteiger partial charge in [-0.2, -0.15) is 0 Å². The predicted octanol–water partition coefficient (Wildman–Crippen LogP) is 2.12. The van der Waals surface area contributed by atoms with Crippen molar-refractivity contribution in [3.63, 3.8) is 0 Å². The zero-order chi connectivity index (χ0) is 7.98. The highest BCUT2D eigenvalue weighted by atomic mass is 14.4. The molecule has 1 heteroatoms. The highest BCUT2D eigenvalue weighted by Gasteiger charge is 1.80. The fourth-order valence-electron chi connectivity index (χ4n) is 0.807. The summed E-state index contributed by atoms with van der Waals surface area (Å²) in [5.74, 6) is 0. The summed E-state index contributed by atoms with van der Waals surface area (Å²) in [7, 11) is 1.50. The van der Waals surface area contributed by atoms with Crippen LogP contribution in [0.5, 0.6) is 0 Å². The van der Waals surface area contributed by atoms with E-state index in [2.05, 4.69) is 43.8 Å². The highest BCUT2D eigenvalue weighted by molar-refractivity contribution is 5.20. The Morgan fingerprint density at radius 2 is 1.50 bits per heavy atom. The van der Waals surface area contributed by atoms with Crippen molar-refractivity contribution < 1.29 is 1.43 Å². The zero-order valence-corrected chi connectivity index (χ0v) is 6.89. The lowest BCUT2D eigenvalue weighted by Gasteiger charge is -1.90. The Labute approximate surface area is 64.4 Å². The molecule has 0 aliphatic heterocycles. The summed E-state index contributed by atoms with van der Waals surface area (Å²) in [6.07, 6.45) is 0. The third-order valence-electron chi connectivity index (χ3n) is 1.17. The Balaban J connectivity index is 0. The minimum Gasteiger partial charge on any atom is -0.333 e. The monoisotopic (exact) mass is 139 g/mol. The van der Waals surface area contributed by atoms with Crippen LogP contribution < -0.4 is 5.73 Å². The van der Waals surface area contributed by atoms with Crippen LogP contribution in [0.3, 0.4) is 0 Å². The van der Waals surface area contributed by atoms with Gasteiger partial charge in [0.2, 0.25) is 0 Å². The first-order valence-corrected chi connectivity index (χ1v) is 3.40. The fourth-order valence-corrected chi connectivity index (χ4v) is 0.807. The first kappa shape index (κ1) is 9.18. The number of benzene rings is 1. The number of hydrogen-bond acceptors (Lipinski definition) is 1. The molecule has 1 aromatic carbocycles. The summed E-state index contributed by atoms with van der Waals surface area (Å²) in [4.78, 5) is 0. The second-order valence-corrected chi connectivity index (χ2v) is 2.16. The van der Waals surface area contributed by atoms with Crippen LogP contribution >= 0.6 is 0 Å². The second-order valence-electron chi connectivity index (χ2n) is 2.16. The zero-order valence-electron chi connectivity index (χ0n) is 6.89. The Morgan fingerprint density at radius 1 is 1.10 bits per heavy atom. The molecule has 0 aliphatic rings. The minimum atomic E-state index is 0.